The molecule has 0 aliphatic carbocycles. The van der Waals surface area contributed by atoms with E-state index >= 15 is 0 Å². The lowest BCUT2D eigenvalue weighted by atomic mass is 10.2. The lowest BCUT2D eigenvalue weighted by molar-refractivity contribution is -0.123. The number of alkyl halides is 3. The molecule has 0 aromatic heterocycles. The predicted octanol–water partition coefficient (Wildman–Crippen LogP) is 1.14. The van der Waals surface area contributed by atoms with E-state index in [1.54, 1.807) is 0 Å². The number of rotatable bonds is 7. The Kier molecular flexibility index (Phi) is 11.1. The van der Waals surface area contributed by atoms with Crippen molar-refractivity contribution in [1.29, 1.82) is 0 Å². The summed E-state index contributed by atoms with van der Waals surface area (Å²) in [6.07, 6.45) is -0.334. The fraction of sp³-hybridized carbons (Fsp3) is 0.875. The lowest BCUT2D eigenvalue weighted by Gasteiger charge is -2.12. The van der Waals surface area contributed by atoms with Crippen LogP contribution in [0.4, 0.5) is 13.2 Å². The van der Waals surface area contributed by atoms with Gasteiger partial charge in [0.05, 0.1) is 12.5 Å². The zero-order valence-electron chi connectivity index (χ0n) is 9.25. The molecule has 1 unspecified atom stereocenters. The molecule has 0 fully saturated rings. The number of methoxy groups -OCH3 is 1. The average molecular weight is 297 g/mol. The molecule has 0 rings (SSSR count). The van der Waals surface area contributed by atoms with Gasteiger partial charge < -0.3 is 15.8 Å². The zero-order chi connectivity index (χ0) is 12.6. The smallest absolute Gasteiger partial charge is 0.380 e. The second-order valence-electron chi connectivity index (χ2n) is 2.94. The molecule has 0 spiro atoms. The standard InChI is InChI=1S/C8H15F3N2O2S.ClH/c1-15-6(5-12)4-7(14)13-2-3-16-8(9,10)11;/h6H,2-5,12H2,1H3,(H,13,14);1H. The Morgan fingerprint density at radius 3 is 2.53 bits per heavy atom. The molecule has 0 aromatic rings. The maximum atomic E-state index is 11.7. The van der Waals surface area contributed by atoms with E-state index < -0.39 is 11.6 Å². The van der Waals surface area contributed by atoms with Gasteiger partial charge in [0.15, 0.2) is 0 Å². The van der Waals surface area contributed by atoms with E-state index in [1.807, 2.05) is 0 Å². The molecule has 1 atom stereocenters. The maximum Gasteiger partial charge on any atom is 0.441 e. The van der Waals surface area contributed by atoms with E-state index in [0.717, 1.165) is 0 Å². The number of hydrogen-bond donors (Lipinski definition) is 2. The Bertz CT molecular complexity index is 215. The topological polar surface area (TPSA) is 64.3 Å². The second kappa shape index (κ2) is 9.81. The summed E-state index contributed by atoms with van der Waals surface area (Å²) in [5.41, 5.74) is 1.03. The van der Waals surface area contributed by atoms with Crippen molar-refractivity contribution in [1.82, 2.24) is 5.32 Å². The summed E-state index contributed by atoms with van der Waals surface area (Å²) in [5, 5.41) is 2.36. The normalized spacial score (nSPS) is 12.8. The van der Waals surface area contributed by atoms with Crippen LogP contribution in [0.15, 0.2) is 0 Å². The Labute approximate surface area is 108 Å². The number of carbonyl (C=O) groups is 1. The van der Waals surface area contributed by atoms with Crippen LogP contribution in [0, 0.1) is 0 Å². The van der Waals surface area contributed by atoms with E-state index in [-0.39, 0.29) is 55.3 Å². The molecule has 0 aromatic carbocycles. The third-order valence-electron chi connectivity index (χ3n) is 1.70. The van der Waals surface area contributed by atoms with Crippen molar-refractivity contribution < 1.29 is 22.7 Å². The number of nitrogens with two attached hydrogens (primary N) is 1. The van der Waals surface area contributed by atoms with Crippen molar-refractivity contribution in [2.24, 2.45) is 5.73 Å². The number of amides is 1. The van der Waals surface area contributed by atoms with E-state index in [0.29, 0.717) is 0 Å². The molecular formula is C8H16ClF3N2O2S. The summed E-state index contributed by atoms with van der Waals surface area (Å²) in [5.74, 6) is -0.560. The number of hydrogen-bond acceptors (Lipinski definition) is 4. The van der Waals surface area contributed by atoms with Crippen molar-refractivity contribution in [3.8, 4) is 0 Å². The van der Waals surface area contributed by atoms with Gasteiger partial charge in [-0.2, -0.15) is 13.2 Å². The van der Waals surface area contributed by atoms with Gasteiger partial charge in [0, 0.05) is 26.0 Å². The quantitative estimate of drug-likeness (QED) is 0.692. The minimum atomic E-state index is -4.25. The predicted molar refractivity (Wildman–Crippen MR) is 63.2 cm³/mol. The Hall–Kier alpha value is -0.180. The molecule has 17 heavy (non-hydrogen) atoms. The Morgan fingerprint density at radius 2 is 2.12 bits per heavy atom. The van der Waals surface area contributed by atoms with Crippen LogP contribution < -0.4 is 11.1 Å². The number of carbonyl (C=O) groups excluding carboxylic acids is 1. The fourth-order valence-electron chi connectivity index (χ4n) is 0.899. The van der Waals surface area contributed by atoms with Crippen molar-refractivity contribution in [2.75, 3.05) is 26.0 Å². The summed E-state index contributed by atoms with van der Waals surface area (Å²) in [7, 11) is 1.42. The van der Waals surface area contributed by atoms with Gasteiger partial charge in [-0.1, -0.05) is 0 Å². The molecular weight excluding hydrogens is 281 g/mol. The molecule has 1 amide bonds. The van der Waals surface area contributed by atoms with Crippen molar-refractivity contribution in [2.45, 2.75) is 18.0 Å². The van der Waals surface area contributed by atoms with Crippen LogP contribution in [-0.2, 0) is 9.53 Å². The lowest BCUT2D eigenvalue weighted by Crippen LogP contribution is -2.33. The Morgan fingerprint density at radius 1 is 1.53 bits per heavy atom. The van der Waals surface area contributed by atoms with Gasteiger partial charge in [-0.05, 0) is 11.8 Å². The maximum absolute atomic E-state index is 11.7. The Balaban J connectivity index is 0. The minimum absolute atomic E-state index is 0. The molecule has 9 heteroatoms. The highest BCUT2D eigenvalue weighted by Crippen LogP contribution is 2.29. The summed E-state index contributed by atoms with van der Waals surface area (Å²) in [6.45, 7) is 0.172. The summed E-state index contributed by atoms with van der Waals surface area (Å²) < 4.78 is 40.0. The van der Waals surface area contributed by atoms with Gasteiger partial charge in [-0.3, -0.25) is 4.79 Å². The van der Waals surface area contributed by atoms with E-state index in [1.165, 1.54) is 7.11 Å². The van der Waals surface area contributed by atoms with Crippen LogP contribution in [0.2, 0.25) is 0 Å². The van der Waals surface area contributed by atoms with E-state index in [9.17, 15) is 18.0 Å². The van der Waals surface area contributed by atoms with Crippen LogP contribution in [0.3, 0.4) is 0 Å². The van der Waals surface area contributed by atoms with E-state index in [4.69, 9.17) is 10.5 Å². The highest BCUT2D eigenvalue weighted by Gasteiger charge is 2.27. The number of nitrogens with one attached hydrogen (secondary N) is 1. The van der Waals surface area contributed by atoms with Crippen molar-refractivity contribution >= 4 is 30.1 Å². The molecule has 0 saturated carbocycles. The molecule has 3 N–H and O–H groups in total. The van der Waals surface area contributed by atoms with Crippen LogP contribution >= 0.6 is 24.2 Å². The van der Waals surface area contributed by atoms with Crippen molar-refractivity contribution in [3.05, 3.63) is 0 Å². The van der Waals surface area contributed by atoms with Gasteiger partial charge in [-0.15, -0.1) is 12.4 Å². The van der Waals surface area contributed by atoms with Gasteiger partial charge in [0.1, 0.15) is 0 Å². The minimum Gasteiger partial charge on any atom is -0.380 e. The molecule has 4 nitrogen and oxygen atoms in total. The van der Waals surface area contributed by atoms with Gasteiger partial charge in [0.2, 0.25) is 5.91 Å². The fourth-order valence-corrected chi connectivity index (χ4v) is 1.33. The molecule has 0 aliphatic rings. The monoisotopic (exact) mass is 296 g/mol. The third kappa shape index (κ3) is 12.1. The molecule has 0 radical (unpaired) electrons. The number of ether oxygens (including phenoxy) is 1. The van der Waals surface area contributed by atoms with Gasteiger partial charge in [-0.25, -0.2) is 0 Å². The molecule has 0 saturated heterocycles. The summed E-state index contributed by atoms with van der Waals surface area (Å²) >= 11 is -0.165. The second-order valence-corrected chi connectivity index (χ2v) is 4.10. The van der Waals surface area contributed by atoms with Gasteiger partial charge in [0.25, 0.3) is 0 Å². The van der Waals surface area contributed by atoms with Crippen LogP contribution in [0.1, 0.15) is 6.42 Å². The number of halogens is 4. The largest absolute Gasteiger partial charge is 0.441 e. The van der Waals surface area contributed by atoms with Gasteiger partial charge >= 0.3 is 5.51 Å². The van der Waals surface area contributed by atoms with E-state index in [2.05, 4.69) is 5.32 Å². The summed E-state index contributed by atoms with van der Waals surface area (Å²) in [4.78, 5) is 11.2. The highest BCUT2D eigenvalue weighted by molar-refractivity contribution is 8.00. The zero-order valence-corrected chi connectivity index (χ0v) is 10.9. The summed E-state index contributed by atoms with van der Waals surface area (Å²) in [6, 6.07) is 0. The first-order valence-electron chi connectivity index (χ1n) is 4.59. The first kappa shape index (κ1) is 19.2. The molecule has 0 aliphatic heterocycles. The van der Waals surface area contributed by atoms with Crippen LogP contribution in [0.5, 0.6) is 0 Å². The molecule has 0 heterocycles. The highest BCUT2D eigenvalue weighted by atomic mass is 35.5. The van der Waals surface area contributed by atoms with Crippen LogP contribution in [0.25, 0.3) is 0 Å². The molecule has 104 valence electrons. The number of thioether (sulfide) groups is 1. The third-order valence-corrected chi connectivity index (χ3v) is 2.43. The van der Waals surface area contributed by atoms with Crippen LogP contribution in [-0.4, -0.2) is 43.5 Å². The molecule has 0 bridgehead atoms. The SMILES string of the molecule is COC(CN)CC(=O)NCCSC(F)(F)F.Cl. The first-order valence-corrected chi connectivity index (χ1v) is 5.58. The average Bonchev–Trinajstić information content (AvgIpc) is 2.19. The van der Waals surface area contributed by atoms with Crippen molar-refractivity contribution in [3.63, 3.8) is 0 Å². The first-order chi connectivity index (χ1) is 7.39.